The second-order valence-electron chi connectivity index (χ2n) is 5.01. The Kier molecular flexibility index (Phi) is 4.84. The van der Waals surface area contributed by atoms with Crippen LogP contribution in [0, 0.1) is 0 Å². The lowest BCUT2D eigenvalue weighted by molar-refractivity contribution is 0.0526. The molecule has 3 N–H and O–H groups in total. The first kappa shape index (κ1) is 14.7. The maximum absolute atomic E-state index is 11.7. The molecule has 20 heavy (non-hydrogen) atoms. The smallest absolute Gasteiger partial charge is 0.338 e. The van der Waals surface area contributed by atoms with E-state index in [1.807, 2.05) is 0 Å². The Balaban J connectivity index is 2.09. The van der Waals surface area contributed by atoms with E-state index >= 15 is 0 Å². The summed E-state index contributed by atoms with van der Waals surface area (Å²) < 4.78 is 10.6. The molecule has 110 valence electrons. The average Bonchev–Trinajstić information content (AvgIpc) is 2.95. The Hall–Kier alpha value is -1.75. The number of rotatable bonds is 5. The number of ether oxygens (including phenoxy) is 2. The van der Waals surface area contributed by atoms with E-state index in [9.17, 15) is 4.79 Å². The van der Waals surface area contributed by atoms with Crippen LogP contribution in [0.1, 0.15) is 37.0 Å². The van der Waals surface area contributed by atoms with Crippen LogP contribution >= 0.6 is 0 Å². The van der Waals surface area contributed by atoms with Crippen molar-refractivity contribution >= 4 is 17.3 Å². The second-order valence-corrected chi connectivity index (χ2v) is 5.01. The van der Waals surface area contributed by atoms with Gasteiger partial charge < -0.3 is 20.5 Å². The topological polar surface area (TPSA) is 73.6 Å². The average molecular weight is 278 g/mol. The summed E-state index contributed by atoms with van der Waals surface area (Å²) in [5.74, 6) is -0.333. The number of anilines is 2. The van der Waals surface area contributed by atoms with Crippen molar-refractivity contribution in [2.45, 2.75) is 38.8 Å². The van der Waals surface area contributed by atoms with E-state index in [2.05, 4.69) is 12.2 Å². The fraction of sp³-hybridized carbons (Fsp3) is 0.533. The molecule has 1 aromatic carbocycles. The van der Waals surface area contributed by atoms with Gasteiger partial charge in [-0.05, 0) is 44.9 Å². The third-order valence-corrected chi connectivity index (χ3v) is 3.47. The molecule has 1 aliphatic heterocycles. The molecular weight excluding hydrogens is 256 g/mol. The Bertz CT molecular complexity index is 470. The van der Waals surface area contributed by atoms with Crippen LogP contribution in [-0.2, 0) is 9.47 Å². The number of esters is 1. The highest BCUT2D eigenvalue weighted by Crippen LogP contribution is 2.24. The van der Waals surface area contributed by atoms with Gasteiger partial charge in [-0.2, -0.15) is 0 Å². The molecular formula is C15H22N2O3. The number of carbonyl (C=O) groups excluding carboxylic acids is 1. The number of hydrogen-bond acceptors (Lipinski definition) is 5. The molecule has 0 saturated carbocycles. The van der Waals surface area contributed by atoms with Crippen LogP contribution < -0.4 is 11.1 Å². The molecule has 1 fully saturated rings. The zero-order chi connectivity index (χ0) is 14.5. The van der Waals surface area contributed by atoms with Gasteiger partial charge in [0.25, 0.3) is 0 Å². The molecule has 0 aliphatic carbocycles. The fourth-order valence-electron chi connectivity index (χ4n) is 2.36. The second kappa shape index (κ2) is 6.61. The highest BCUT2D eigenvalue weighted by atomic mass is 16.5. The predicted molar refractivity (Wildman–Crippen MR) is 78.9 cm³/mol. The zero-order valence-electron chi connectivity index (χ0n) is 12.0. The summed E-state index contributed by atoms with van der Waals surface area (Å²) in [6.07, 6.45) is 2.33. The van der Waals surface area contributed by atoms with Crippen LogP contribution in [-0.4, -0.2) is 31.3 Å². The summed E-state index contributed by atoms with van der Waals surface area (Å²) in [5.41, 5.74) is 7.82. The maximum Gasteiger partial charge on any atom is 0.338 e. The third kappa shape index (κ3) is 3.42. The van der Waals surface area contributed by atoms with Crippen molar-refractivity contribution in [3.05, 3.63) is 23.8 Å². The van der Waals surface area contributed by atoms with Crippen LogP contribution in [0.25, 0.3) is 0 Å². The molecule has 5 nitrogen and oxygen atoms in total. The first-order chi connectivity index (χ1) is 9.61. The molecule has 1 aliphatic rings. The van der Waals surface area contributed by atoms with E-state index in [1.54, 1.807) is 25.1 Å². The number of hydrogen-bond donors (Lipinski definition) is 2. The normalized spacial score (nSPS) is 19.6. The van der Waals surface area contributed by atoms with E-state index < -0.39 is 0 Å². The molecule has 1 heterocycles. The van der Waals surface area contributed by atoms with Gasteiger partial charge in [0.15, 0.2) is 0 Å². The summed E-state index contributed by atoms with van der Waals surface area (Å²) in [5, 5.41) is 3.33. The fourth-order valence-corrected chi connectivity index (χ4v) is 2.36. The molecule has 5 heteroatoms. The van der Waals surface area contributed by atoms with Gasteiger partial charge in [-0.15, -0.1) is 0 Å². The first-order valence-corrected chi connectivity index (χ1v) is 7.06. The SMILES string of the molecule is CCOC(=O)c1ccc(N)c(NC(C)C2CCCO2)c1. The number of nitrogens with two attached hydrogens (primary N) is 1. The van der Waals surface area contributed by atoms with Crippen LogP contribution in [0.15, 0.2) is 18.2 Å². The lowest BCUT2D eigenvalue weighted by atomic mass is 10.1. The summed E-state index contributed by atoms with van der Waals surface area (Å²) in [6, 6.07) is 5.28. The minimum atomic E-state index is -0.333. The van der Waals surface area contributed by atoms with E-state index in [1.165, 1.54) is 0 Å². The minimum absolute atomic E-state index is 0.150. The molecule has 0 bridgehead atoms. The van der Waals surface area contributed by atoms with Crippen LogP contribution in [0.5, 0.6) is 0 Å². The standard InChI is InChI=1S/C15H22N2O3/c1-3-19-15(18)11-6-7-12(16)13(9-11)17-10(2)14-5-4-8-20-14/h6-7,9-10,14,17H,3-5,8,16H2,1-2H3. The van der Waals surface area contributed by atoms with Crippen molar-refractivity contribution in [3.63, 3.8) is 0 Å². The molecule has 0 spiro atoms. The number of nitrogen functional groups attached to an aromatic ring is 1. The highest BCUT2D eigenvalue weighted by molar-refractivity contribution is 5.92. The maximum atomic E-state index is 11.7. The number of nitrogens with one attached hydrogen (secondary N) is 1. The van der Waals surface area contributed by atoms with E-state index in [4.69, 9.17) is 15.2 Å². The molecule has 2 unspecified atom stereocenters. The van der Waals surface area contributed by atoms with Gasteiger partial charge in [0, 0.05) is 12.6 Å². The summed E-state index contributed by atoms with van der Waals surface area (Å²) in [7, 11) is 0. The number of carbonyl (C=O) groups is 1. The van der Waals surface area contributed by atoms with Gasteiger partial charge in [-0.3, -0.25) is 0 Å². The van der Waals surface area contributed by atoms with Gasteiger partial charge >= 0.3 is 5.97 Å². The summed E-state index contributed by atoms with van der Waals surface area (Å²) >= 11 is 0. The van der Waals surface area contributed by atoms with Gasteiger partial charge in [-0.1, -0.05) is 0 Å². The Morgan fingerprint density at radius 1 is 1.60 bits per heavy atom. The first-order valence-electron chi connectivity index (χ1n) is 7.06. The Morgan fingerprint density at radius 3 is 3.05 bits per heavy atom. The van der Waals surface area contributed by atoms with Gasteiger partial charge in [0.2, 0.25) is 0 Å². The van der Waals surface area contributed by atoms with Crippen LogP contribution in [0.2, 0.25) is 0 Å². The van der Waals surface area contributed by atoms with Crippen molar-refractivity contribution in [2.75, 3.05) is 24.3 Å². The quantitative estimate of drug-likeness (QED) is 0.639. The van der Waals surface area contributed by atoms with Crippen molar-refractivity contribution in [2.24, 2.45) is 0 Å². The minimum Gasteiger partial charge on any atom is -0.462 e. The largest absolute Gasteiger partial charge is 0.462 e. The van der Waals surface area contributed by atoms with Gasteiger partial charge in [0.05, 0.1) is 29.6 Å². The molecule has 2 rings (SSSR count). The van der Waals surface area contributed by atoms with Crippen molar-refractivity contribution in [1.82, 2.24) is 0 Å². The van der Waals surface area contributed by atoms with Crippen LogP contribution in [0.4, 0.5) is 11.4 Å². The van der Waals surface area contributed by atoms with Crippen LogP contribution in [0.3, 0.4) is 0 Å². The van der Waals surface area contributed by atoms with Crippen molar-refractivity contribution < 1.29 is 14.3 Å². The molecule has 2 atom stereocenters. The highest BCUT2D eigenvalue weighted by Gasteiger charge is 2.23. The molecule has 0 amide bonds. The lowest BCUT2D eigenvalue weighted by Gasteiger charge is -2.22. The van der Waals surface area contributed by atoms with Crippen molar-refractivity contribution in [3.8, 4) is 0 Å². The molecule has 1 saturated heterocycles. The van der Waals surface area contributed by atoms with E-state index in [0.29, 0.717) is 17.9 Å². The molecule has 0 radical (unpaired) electrons. The summed E-state index contributed by atoms with van der Waals surface area (Å²) in [4.78, 5) is 11.7. The Labute approximate surface area is 119 Å². The van der Waals surface area contributed by atoms with E-state index in [0.717, 1.165) is 25.1 Å². The summed E-state index contributed by atoms with van der Waals surface area (Å²) in [6.45, 7) is 5.02. The molecule has 1 aromatic rings. The Morgan fingerprint density at radius 2 is 2.40 bits per heavy atom. The van der Waals surface area contributed by atoms with E-state index in [-0.39, 0.29) is 18.1 Å². The molecule has 0 aromatic heterocycles. The third-order valence-electron chi connectivity index (χ3n) is 3.47. The zero-order valence-corrected chi connectivity index (χ0v) is 12.0. The van der Waals surface area contributed by atoms with Gasteiger partial charge in [-0.25, -0.2) is 4.79 Å². The van der Waals surface area contributed by atoms with Crippen molar-refractivity contribution in [1.29, 1.82) is 0 Å². The number of benzene rings is 1. The lowest BCUT2D eigenvalue weighted by Crippen LogP contribution is -2.30. The monoisotopic (exact) mass is 278 g/mol. The predicted octanol–water partition coefficient (Wildman–Crippen LogP) is 2.42. The van der Waals surface area contributed by atoms with Gasteiger partial charge in [0.1, 0.15) is 0 Å².